The van der Waals surface area contributed by atoms with E-state index in [9.17, 15) is 9.59 Å². The third-order valence-corrected chi connectivity index (χ3v) is 9.28. The number of allylic oxidation sites excluding steroid dienone is 2. The average molecular weight is 375 g/mol. The Morgan fingerprint density at radius 2 is 1.78 bits per heavy atom. The van der Waals surface area contributed by atoms with E-state index in [0.29, 0.717) is 18.8 Å². The number of ether oxygens (including phenoxy) is 2. The fourth-order valence-corrected chi connectivity index (χ4v) is 6.45. The Hall–Kier alpha value is -1.32. The Balaban J connectivity index is 1.61. The van der Waals surface area contributed by atoms with Gasteiger partial charge >= 0.3 is 11.9 Å². The lowest BCUT2D eigenvalue weighted by Crippen LogP contribution is -2.53. The van der Waals surface area contributed by atoms with Gasteiger partial charge in [-0.1, -0.05) is 31.9 Å². The molecule has 1 saturated heterocycles. The Kier molecular flexibility index (Phi) is 3.95. The fourth-order valence-electron chi connectivity index (χ4n) is 6.45. The summed E-state index contributed by atoms with van der Waals surface area (Å²) in [6, 6.07) is 0. The summed E-state index contributed by atoms with van der Waals surface area (Å²) in [5, 5.41) is 0. The van der Waals surface area contributed by atoms with Gasteiger partial charge in [-0.05, 0) is 71.6 Å². The molecule has 0 aromatic carbocycles. The number of fused-ring (bicyclic) bond motifs is 3. The molecule has 3 fully saturated rings. The molecule has 0 radical (unpaired) electrons. The Morgan fingerprint density at radius 3 is 2.37 bits per heavy atom. The van der Waals surface area contributed by atoms with E-state index < -0.39 is 16.4 Å². The second-order valence-electron chi connectivity index (χ2n) is 10.6. The minimum atomic E-state index is -1.11. The molecule has 4 aliphatic rings. The zero-order valence-electron chi connectivity index (χ0n) is 17.7. The van der Waals surface area contributed by atoms with Gasteiger partial charge in [0, 0.05) is 10.8 Å². The molecule has 1 aliphatic heterocycles. The molecular formula is C23H34O4. The van der Waals surface area contributed by atoms with Crippen LogP contribution in [0.15, 0.2) is 11.1 Å². The largest absolute Gasteiger partial charge is 0.459 e. The molecule has 4 heteroatoms. The van der Waals surface area contributed by atoms with E-state index in [-0.39, 0.29) is 23.5 Å². The summed E-state index contributed by atoms with van der Waals surface area (Å²) in [5.41, 5.74) is 0.686. The van der Waals surface area contributed by atoms with Crippen LogP contribution in [-0.2, 0) is 19.1 Å². The lowest BCUT2D eigenvalue weighted by atomic mass is 9.58. The highest BCUT2D eigenvalue weighted by Gasteiger charge is 2.76. The van der Waals surface area contributed by atoms with Gasteiger partial charge in [0.2, 0.25) is 5.60 Å². The molecule has 0 N–H and O–H groups in total. The van der Waals surface area contributed by atoms with Crippen molar-refractivity contribution in [1.29, 1.82) is 0 Å². The molecule has 1 heterocycles. The summed E-state index contributed by atoms with van der Waals surface area (Å²) < 4.78 is 12.0. The average Bonchev–Trinajstić information content (AvgIpc) is 2.88. The predicted molar refractivity (Wildman–Crippen MR) is 103 cm³/mol. The predicted octanol–water partition coefficient (Wildman–Crippen LogP) is 4.96. The first-order valence-electron chi connectivity index (χ1n) is 10.6. The van der Waals surface area contributed by atoms with Gasteiger partial charge in [0.05, 0.1) is 5.41 Å². The summed E-state index contributed by atoms with van der Waals surface area (Å²) in [7, 11) is 0. The highest BCUT2D eigenvalue weighted by molar-refractivity contribution is 5.93. The van der Waals surface area contributed by atoms with Gasteiger partial charge in [0.25, 0.3) is 0 Å². The van der Waals surface area contributed by atoms with Gasteiger partial charge in [0.1, 0.15) is 6.10 Å². The van der Waals surface area contributed by atoms with Gasteiger partial charge in [-0.15, -0.1) is 0 Å². The minimum Gasteiger partial charge on any atom is -0.459 e. The van der Waals surface area contributed by atoms with Crippen molar-refractivity contribution in [3.8, 4) is 0 Å². The molecule has 150 valence electrons. The second kappa shape index (κ2) is 5.61. The first-order valence-corrected chi connectivity index (χ1v) is 10.6. The number of carbonyl (C=O) groups is 2. The SMILES string of the molecule is CC1=C(C)C[C@]2(C)[C@@H](CCC[C@@H]2OC(=O)[C@@]23CC[C@@](C)(C(=O)O2)C3(C)C)C1. The molecule has 27 heavy (non-hydrogen) atoms. The van der Waals surface area contributed by atoms with Gasteiger partial charge in [-0.2, -0.15) is 0 Å². The molecule has 2 saturated carbocycles. The summed E-state index contributed by atoms with van der Waals surface area (Å²) in [5.74, 6) is 0.0200. The maximum Gasteiger partial charge on any atom is 0.351 e. The van der Waals surface area contributed by atoms with Crippen molar-refractivity contribution in [2.45, 2.75) is 98.2 Å². The number of hydrogen-bond acceptors (Lipinski definition) is 4. The Bertz CT molecular complexity index is 735. The normalized spacial score (nSPS) is 45.5. The van der Waals surface area contributed by atoms with Crippen molar-refractivity contribution in [1.82, 2.24) is 0 Å². The van der Waals surface area contributed by atoms with Gasteiger partial charge in [0.15, 0.2) is 0 Å². The van der Waals surface area contributed by atoms with Crippen LogP contribution in [0.25, 0.3) is 0 Å². The first-order chi connectivity index (χ1) is 12.5. The van der Waals surface area contributed by atoms with E-state index in [2.05, 4.69) is 20.8 Å². The maximum absolute atomic E-state index is 13.4. The van der Waals surface area contributed by atoms with Gasteiger partial charge in [-0.3, -0.25) is 4.79 Å². The zero-order chi connectivity index (χ0) is 19.8. The molecule has 5 atom stereocenters. The van der Waals surface area contributed by atoms with Crippen LogP contribution in [0.4, 0.5) is 0 Å². The molecule has 0 amide bonds. The smallest absolute Gasteiger partial charge is 0.351 e. The highest BCUT2D eigenvalue weighted by Crippen LogP contribution is 2.66. The number of rotatable bonds is 2. The molecule has 2 bridgehead atoms. The molecule has 4 rings (SSSR count). The standard InChI is InChI=1S/C23H34O4/c1-14-12-16-8-7-9-17(21(16,5)13-15(14)2)26-19(25)23-11-10-22(6,18(24)27-23)20(23,3)4/h16-17H,7-13H2,1-6H3/t16-,17-,21+,22-,23+/m0/s1. The Morgan fingerprint density at radius 1 is 1.07 bits per heavy atom. The summed E-state index contributed by atoms with van der Waals surface area (Å²) in [6.45, 7) is 12.7. The molecule has 0 spiro atoms. The van der Waals surface area contributed by atoms with E-state index in [4.69, 9.17) is 9.47 Å². The van der Waals surface area contributed by atoms with Crippen molar-refractivity contribution in [2.75, 3.05) is 0 Å². The third-order valence-electron chi connectivity index (χ3n) is 9.28. The minimum absolute atomic E-state index is 0.0111. The first kappa shape index (κ1) is 19.0. The van der Waals surface area contributed by atoms with Crippen molar-refractivity contribution in [2.24, 2.45) is 22.2 Å². The van der Waals surface area contributed by atoms with Crippen LogP contribution in [-0.4, -0.2) is 23.6 Å². The third kappa shape index (κ3) is 2.22. The second-order valence-corrected chi connectivity index (χ2v) is 10.6. The Labute approximate surface area is 163 Å². The summed E-state index contributed by atoms with van der Waals surface area (Å²) in [6.07, 6.45) is 6.49. The number of hydrogen-bond donors (Lipinski definition) is 0. The van der Waals surface area contributed by atoms with Crippen molar-refractivity contribution >= 4 is 11.9 Å². The van der Waals surface area contributed by atoms with E-state index in [1.165, 1.54) is 17.6 Å². The van der Waals surface area contributed by atoms with Crippen LogP contribution >= 0.6 is 0 Å². The summed E-state index contributed by atoms with van der Waals surface area (Å²) >= 11 is 0. The van der Waals surface area contributed by atoms with Crippen LogP contribution in [0.5, 0.6) is 0 Å². The van der Waals surface area contributed by atoms with Crippen LogP contribution < -0.4 is 0 Å². The van der Waals surface area contributed by atoms with E-state index >= 15 is 0 Å². The number of carbonyl (C=O) groups excluding carboxylic acids is 2. The van der Waals surface area contributed by atoms with Crippen LogP contribution in [0.2, 0.25) is 0 Å². The van der Waals surface area contributed by atoms with Crippen molar-refractivity contribution in [3.63, 3.8) is 0 Å². The topological polar surface area (TPSA) is 52.6 Å². The lowest BCUT2D eigenvalue weighted by Gasteiger charge is -2.50. The van der Waals surface area contributed by atoms with Gasteiger partial charge in [-0.25, -0.2) is 4.79 Å². The van der Waals surface area contributed by atoms with Crippen LogP contribution in [0.3, 0.4) is 0 Å². The van der Waals surface area contributed by atoms with E-state index in [0.717, 1.165) is 25.7 Å². The van der Waals surface area contributed by atoms with Crippen molar-refractivity contribution in [3.05, 3.63) is 11.1 Å². The molecule has 0 unspecified atom stereocenters. The van der Waals surface area contributed by atoms with Crippen molar-refractivity contribution < 1.29 is 19.1 Å². The lowest BCUT2D eigenvalue weighted by molar-refractivity contribution is -0.196. The highest BCUT2D eigenvalue weighted by atomic mass is 16.6. The van der Waals surface area contributed by atoms with E-state index in [1.54, 1.807) is 0 Å². The molecule has 3 aliphatic carbocycles. The van der Waals surface area contributed by atoms with E-state index in [1.807, 2.05) is 20.8 Å². The molecule has 0 aromatic heterocycles. The molecule has 4 nitrogen and oxygen atoms in total. The van der Waals surface area contributed by atoms with Crippen LogP contribution in [0.1, 0.15) is 86.5 Å². The maximum atomic E-state index is 13.4. The molecule has 0 aromatic rings. The zero-order valence-corrected chi connectivity index (χ0v) is 17.7. The monoisotopic (exact) mass is 374 g/mol. The molecular weight excluding hydrogens is 340 g/mol. The van der Waals surface area contributed by atoms with Gasteiger partial charge < -0.3 is 9.47 Å². The fraction of sp³-hybridized carbons (Fsp3) is 0.826. The quantitative estimate of drug-likeness (QED) is 0.506. The summed E-state index contributed by atoms with van der Waals surface area (Å²) in [4.78, 5) is 26.0. The van der Waals surface area contributed by atoms with Crippen LogP contribution in [0, 0.1) is 22.2 Å². The number of esters is 2.